The summed E-state index contributed by atoms with van der Waals surface area (Å²) < 4.78 is 1.74. The number of alkyl halides is 1. The molecule has 0 atom stereocenters. The van der Waals surface area contributed by atoms with Crippen LogP contribution in [0, 0.1) is 6.92 Å². The summed E-state index contributed by atoms with van der Waals surface area (Å²) in [5.41, 5.74) is 4.02. The SMILES string of the molecule is CCc1nn(C)cc1N(Cc1ccccc1C)C(=O)CCl. The molecule has 1 aromatic heterocycles. The molecule has 0 radical (unpaired) electrons. The van der Waals surface area contributed by atoms with E-state index in [4.69, 9.17) is 11.6 Å². The largest absolute Gasteiger partial charge is 0.304 e. The van der Waals surface area contributed by atoms with Crippen molar-refractivity contribution in [2.24, 2.45) is 7.05 Å². The smallest absolute Gasteiger partial charge is 0.242 e. The van der Waals surface area contributed by atoms with E-state index in [1.807, 2.05) is 51.4 Å². The third kappa shape index (κ3) is 3.45. The van der Waals surface area contributed by atoms with E-state index in [2.05, 4.69) is 5.10 Å². The van der Waals surface area contributed by atoms with Crippen molar-refractivity contribution >= 4 is 23.2 Å². The number of hydrogen-bond donors (Lipinski definition) is 0. The molecule has 0 N–H and O–H groups in total. The van der Waals surface area contributed by atoms with Crippen LogP contribution in [0.25, 0.3) is 0 Å². The molecule has 0 fully saturated rings. The summed E-state index contributed by atoms with van der Waals surface area (Å²) in [6.45, 7) is 4.59. The number of carbonyl (C=O) groups is 1. The zero-order chi connectivity index (χ0) is 15.4. The molecule has 5 heteroatoms. The van der Waals surface area contributed by atoms with E-state index in [1.165, 1.54) is 0 Å². The summed E-state index contributed by atoms with van der Waals surface area (Å²) in [5.74, 6) is -0.146. The summed E-state index contributed by atoms with van der Waals surface area (Å²) in [5, 5.41) is 4.41. The first-order valence-electron chi connectivity index (χ1n) is 7.00. The lowest BCUT2D eigenvalue weighted by Crippen LogP contribution is -2.32. The number of halogens is 1. The van der Waals surface area contributed by atoms with Crippen LogP contribution in [0.4, 0.5) is 5.69 Å². The Kier molecular flexibility index (Phi) is 5.02. The number of aromatic nitrogens is 2. The van der Waals surface area contributed by atoms with Crippen molar-refractivity contribution in [2.45, 2.75) is 26.8 Å². The number of benzene rings is 1. The number of anilines is 1. The zero-order valence-electron chi connectivity index (χ0n) is 12.6. The highest BCUT2D eigenvalue weighted by molar-refractivity contribution is 6.29. The molecule has 0 aliphatic heterocycles. The van der Waals surface area contributed by atoms with Crippen LogP contribution in [0.15, 0.2) is 30.5 Å². The van der Waals surface area contributed by atoms with Crippen LogP contribution in [0.1, 0.15) is 23.7 Å². The Morgan fingerprint density at radius 1 is 1.38 bits per heavy atom. The minimum atomic E-state index is -0.109. The summed E-state index contributed by atoms with van der Waals surface area (Å²) >= 11 is 5.79. The van der Waals surface area contributed by atoms with Crippen molar-refractivity contribution in [3.8, 4) is 0 Å². The van der Waals surface area contributed by atoms with Crippen LogP contribution in [0.2, 0.25) is 0 Å². The molecule has 0 aliphatic carbocycles. The van der Waals surface area contributed by atoms with Gasteiger partial charge in [0, 0.05) is 13.2 Å². The molecule has 0 bridgehead atoms. The fraction of sp³-hybridized carbons (Fsp3) is 0.375. The highest BCUT2D eigenvalue weighted by Gasteiger charge is 2.20. The molecule has 1 amide bonds. The van der Waals surface area contributed by atoms with Gasteiger partial charge in [-0.15, -0.1) is 11.6 Å². The predicted octanol–water partition coefficient (Wildman–Crippen LogP) is 3.06. The second kappa shape index (κ2) is 6.76. The molecular formula is C16H20ClN3O. The molecule has 4 nitrogen and oxygen atoms in total. The maximum absolute atomic E-state index is 12.3. The van der Waals surface area contributed by atoms with Crippen molar-refractivity contribution in [1.29, 1.82) is 0 Å². The van der Waals surface area contributed by atoms with Crippen LogP contribution in [-0.4, -0.2) is 21.6 Å². The summed E-state index contributed by atoms with van der Waals surface area (Å²) in [6.07, 6.45) is 2.65. The zero-order valence-corrected chi connectivity index (χ0v) is 13.4. The quantitative estimate of drug-likeness (QED) is 0.796. The van der Waals surface area contributed by atoms with Crippen molar-refractivity contribution in [1.82, 2.24) is 9.78 Å². The van der Waals surface area contributed by atoms with Crippen LogP contribution < -0.4 is 4.90 Å². The van der Waals surface area contributed by atoms with E-state index in [-0.39, 0.29) is 11.8 Å². The highest BCUT2D eigenvalue weighted by atomic mass is 35.5. The third-order valence-corrected chi connectivity index (χ3v) is 3.74. The van der Waals surface area contributed by atoms with Crippen LogP contribution in [0.3, 0.4) is 0 Å². The number of carbonyl (C=O) groups excluding carboxylic acids is 1. The van der Waals surface area contributed by atoms with Crippen molar-refractivity contribution in [3.05, 3.63) is 47.3 Å². The van der Waals surface area contributed by atoms with Crippen LogP contribution >= 0.6 is 11.6 Å². The van der Waals surface area contributed by atoms with Crippen molar-refractivity contribution in [2.75, 3.05) is 10.8 Å². The van der Waals surface area contributed by atoms with Gasteiger partial charge in [-0.1, -0.05) is 31.2 Å². The normalized spacial score (nSPS) is 10.7. The maximum atomic E-state index is 12.3. The molecule has 1 heterocycles. The molecule has 0 unspecified atom stereocenters. The lowest BCUT2D eigenvalue weighted by molar-refractivity contribution is -0.116. The first kappa shape index (κ1) is 15.6. The second-order valence-corrected chi connectivity index (χ2v) is 5.30. The molecule has 21 heavy (non-hydrogen) atoms. The van der Waals surface area contributed by atoms with Crippen molar-refractivity contribution in [3.63, 3.8) is 0 Å². The van der Waals surface area contributed by atoms with Gasteiger partial charge in [-0.05, 0) is 24.5 Å². The lowest BCUT2D eigenvalue weighted by Gasteiger charge is -2.22. The first-order chi connectivity index (χ1) is 10.1. The van der Waals surface area contributed by atoms with Crippen LogP contribution in [-0.2, 0) is 24.8 Å². The van der Waals surface area contributed by atoms with Gasteiger partial charge >= 0.3 is 0 Å². The third-order valence-electron chi connectivity index (χ3n) is 3.51. The Bertz CT molecular complexity index is 636. The molecule has 1 aromatic carbocycles. The Morgan fingerprint density at radius 3 is 2.71 bits per heavy atom. The number of hydrogen-bond acceptors (Lipinski definition) is 2. The average molecular weight is 306 g/mol. The number of nitrogens with zero attached hydrogens (tertiary/aromatic N) is 3. The Balaban J connectivity index is 2.39. The fourth-order valence-electron chi connectivity index (χ4n) is 2.34. The molecule has 2 rings (SSSR count). The molecule has 112 valence electrons. The van der Waals surface area contributed by atoms with E-state index in [1.54, 1.807) is 9.58 Å². The van der Waals surface area contributed by atoms with E-state index in [9.17, 15) is 4.79 Å². The molecule has 0 saturated heterocycles. The molecule has 0 saturated carbocycles. The lowest BCUT2D eigenvalue weighted by atomic mass is 10.1. The average Bonchev–Trinajstić information content (AvgIpc) is 2.86. The van der Waals surface area contributed by atoms with Crippen molar-refractivity contribution < 1.29 is 4.79 Å². The molecule has 2 aromatic rings. The predicted molar refractivity (Wildman–Crippen MR) is 85.7 cm³/mol. The monoisotopic (exact) mass is 305 g/mol. The van der Waals surface area contributed by atoms with E-state index in [0.29, 0.717) is 6.54 Å². The highest BCUT2D eigenvalue weighted by Crippen LogP contribution is 2.23. The van der Waals surface area contributed by atoms with Crippen LogP contribution in [0.5, 0.6) is 0 Å². The van der Waals surface area contributed by atoms with Gasteiger partial charge in [-0.3, -0.25) is 9.48 Å². The second-order valence-electron chi connectivity index (χ2n) is 5.03. The maximum Gasteiger partial charge on any atom is 0.242 e. The van der Waals surface area contributed by atoms with E-state index >= 15 is 0 Å². The van der Waals surface area contributed by atoms with Gasteiger partial charge < -0.3 is 4.90 Å². The standard InChI is InChI=1S/C16H20ClN3O/c1-4-14-15(11-19(3)18-14)20(16(21)9-17)10-13-8-6-5-7-12(13)2/h5-8,11H,4,9-10H2,1-3H3. The fourth-order valence-corrected chi connectivity index (χ4v) is 2.48. The first-order valence-corrected chi connectivity index (χ1v) is 7.53. The minimum absolute atomic E-state index is 0.0378. The number of rotatable bonds is 5. The Labute approximate surface area is 130 Å². The van der Waals surface area contributed by atoms with Gasteiger partial charge in [0.05, 0.1) is 17.9 Å². The topological polar surface area (TPSA) is 38.1 Å². The summed E-state index contributed by atoms with van der Waals surface area (Å²) in [7, 11) is 1.86. The van der Waals surface area contributed by atoms with Gasteiger partial charge in [0.15, 0.2) is 0 Å². The van der Waals surface area contributed by atoms with Gasteiger partial charge in [-0.2, -0.15) is 5.10 Å². The summed E-state index contributed by atoms with van der Waals surface area (Å²) in [6, 6.07) is 8.05. The Morgan fingerprint density at radius 2 is 2.10 bits per heavy atom. The summed E-state index contributed by atoms with van der Waals surface area (Å²) in [4.78, 5) is 14.0. The van der Waals surface area contributed by atoms with Gasteiger partial charge in [-0.25, -0.2) is 0 Å². The van der Waals surface area contributed by atoms with E-state index < -0.39 is 0 Å². The van der Waals surface area contributed by atoms with E-state index in [0.717, 1.165) is 28.9 Å². The minimum Gasteiger partial charge on any atom is -0.304 e. The molecular weight excluding hydrogens is 286 g/mol. The number of amides is 1. The molecule has 0 spiro atoms. The molecule has 0 aliphatic rings. The van der Waals surface area contributed by atoms with Gasteiger partial charge in [0.25, 0.3) is 0 Å². The Hall–Kier alpha value is -1.81. The number of aryl methyl sites for hydroxylation is 3. The van der Waals surface area contributed by atoms with Gasteiger partial charge in [0.2, 0.25) is 5.91 Å². The van der Waals surface area contributed by atoms with Gasteiger partial charge in [0.1, 0.15) is 5.88 Å².